The molecule has 3 aromatic rings. The first-order valence-corrected chi connectivity index (χ1v) is 14.8. The lowest BCUT2D eigenvalue weighted by Crippen LogP contribution is -2.67. The van der Waals surface area contributed by atoms with Gasteiger partial charge in [0.15, 0.2) is 21.3 Å². The summed E-state index contributed by atoms with van der Waals surface area (Å²) < 4.78 is 23.2. The lowest BCUT2D eigenvalue weighted by atomic mass is 9.50. The van der Waals surface area contributed by atoms with Gasteiger partial charge in [-0.2, -0.15) is 0 Å². The lowest BCUT2D eigenvalue weighted by molar-refractivity contribution is -0.287. The summed E-state index contributed by atoms with van der Waals surface area (Å²) in [6, 6.07) is 28.9. The van der Waals surface area contributed by atoms with E-state index in [1.807, 2.05) is 24.3 Å². The van der Waals surface area contributed by atoms with Crippen LogP contribution in [0.15, 0.2) is 99.6 Å². The van der Waals surface area contributed by atoms with Gasteiger partial charge in [-0.3, -0.25) is 0 Å². The van der Waals surface area contributed by atoms with E-state index in [9.17, 15) is 9.90 Å². The van der Waals surface area contributed by atoms with Gasteiger partial charge in [-0.15, -0.1) is 0 Å². The molecule has 7 rings (SSSR count). The monoisotopic (exact) mass is 547 g/mol. The third-order valence-electron chi connectivity index (χ3n) is 8.12. The predicted molar refractivity (Wildman–Crippen MR) is 148 cm³/mol. The number of carbonyl (C=O) groups excluding carboxylic acids is 1. The summed E-state index contributed by atoms with van der Waals surface area (Å²) in [6.07, 6.45) is 3.97. The molecule has 4 bridgehead atoms. The second-order valence-corrected chi connectivity index (χ2v) is 13.3. The van der Waals surface area contributed by atoms with Crippen LogP contribution in [-0.4, -0.2) is 48.4 Å². The molecule has 0 saturated heterocycles. The zero-order valence-electron chi connectivity index (χ0n) is 22.2. The number of ether oxygens (including phenoxy) is 4. The molecule has 1 N–H and O–H groups in total. The maximum atomic E-state index is 13.0. The average molecular weight is 548 g/mol. The molecule has 3 aromatic carbocycles. The van der Waals surface area contributed by atoms with Gasteiger partial charge < -0.3 is 24.1 Å². The van der Waals surface area contributed by atoms with Crippen LogP contribution in [0.5, 0.6) is 5.75 Å². The number of aliphatic hydroxyl groups is 1. The molecule has 204 valence electrons. The molecule has 4 aliphatic carbocycles. The fourth-order valence-electron chi connectivity index (χ4n) is 7.28. The smallest absolute Gasteiger partial charge is 0.344 e. The third-order valence-corrected chi connectivity index (χ3v) is 10.4. The summed E-state index contributed by atoms with van der Waals surface area (Å²) in [5.74, 6) is 0.469. The van der Waals surface area contributed by atoms with Crippen molar-refractivity contribution < 1.29 is 28.8 Å². The van der Waals surface area contributed by atoms with Crippen LogP contribution >= 0.6 is 0 Å². The van der Waals surface area contributed by atoms with Gasteiger partial charge in [0.1, 0.15) is 18.1 Å². The lowest BCUT2D eigenvalue weighted by Gasteiger charge is -2.63. The summed E-state index contributed by atoms with van der Waals surface area (Å²) in [4.78, 5) is 16.6. The average Bonchev–Trinajstić information content (AvgIpc) is 2.91. The van der Waals surface area contributed by atoms with E-state index in [-0.39, 0.29) is 30.2 Å². The number of carbonyl (C=O) groups is 1. The van der Waals surface area contributed by atoms with Crippen LogP contribution in [0.3, 0.4) is 0 Å². The van der Waals surface area contributed by atoms with Crippen molar-refractivity contribution in [3.8, 4) is 5.75 Å². The van der Waals surface area contributed by atoms with Crippen LogP contribution in [0.25, 0.3) is 0 Å². The first kappa shape index (κ1) is 26.4. The van der Waals surface area contributed by atoms with Gasteiger partial charge in [0.25, 0.3) is 0 Å². The summed E-state index contributed by atoms with van der Waals surface area (Å²) in [5, 5.41) is 11.2. The van der Waals surface area contributed by atoms with Crippen molar-refractivity contribution in [2.24, 2.45) is 5.92 Å². The zero-order chi connectivity index (χ0) is 26.9. The molecule has 0 radical (unpaired) electrons. The molecule has 6 nitrogen and oxygen atoms in total. The molecule has 0 heterocycles. The Hall–Kier alpha value is -2.84. The minimum Gasteiger partial charge on any atom is -0.482 e. The van der Waals surface area contributed by atoms with Crippen molar-refractivity contribution in [1.82, 2.24) is 0 Å². The van der Waals surface area contributed by atoms with Gasteiger partial charge >= 0.3 is 5.97 Å². The molecule has 4 aliphatic rings. The summed E-state index contributed by atoms with van der Waals surface area (Å²) in [7, 11) is 1.35. The number of hydrogen-bond acceptors (Lipinski definition) is 6. The predicted octanol–water partition coefficient (Wildman–Crippen LogP) is 5.53. The highest BCUT2D eigenvalue weighted by atomic mass is 32.2. The molecule has 0 spiro atoms. The summed E-state index contributed by atoms with van der Waals surface area (Å²) >= 11 is 0. The SMILES string of the molecule is COCOC12CC3CC(O)(C1)CC(OC(=O)COc1ccc([S+](c4ccccc4)c4ccccc4)cc1)(C3)C2. The molecule has 39 heavy (non-hydrogen) atoms. The Morgan fingerprint density at radius 3 is 2.03 bits per heavy atom. The molecule has 0 aromatic heterocycles. The fraction of sp³-hybridized carbons (Fsp3) is 0.406. The number of methoxy groups -OCH3 is 1. The van der Waals surface area contributed by atoms with Crippen LogP contribution in [0.1, 0.15) is 38.5 Å². The molecule has 7 heteroatoms. The van der Waals surface area contributed by atoms with Crippen molar-refractivity contribution in [2.75, 3.05) is 20.5 Å². The number of benzene rings is 3. The van der Waals surface area contributed by atoms with E-state index in [2.05, 4.69) is 60.7 Å². The Morgan fingerprint density at radius 1 is 0.821 bits per heavy atom. The quantitative estimate of drug-likeness (QED) is 0.204. The van der Waals surface area contributed by atoms with E-state index in [0.29, 0.717) is 25.0 Å². The van der Waals surface area contributed by atoms with Gasteiger partial charge in [-0.05, 0) is 73.7 Å². The molecule has 0 amide bonds. The van der Waals surface area contributed by atoms with Gasteiger partial charge in [-0.1, -0.05) is 36.4 Å². The Labute approximate surface area is 232 Å². The molecule has 4 unspecified atom stereocenters. The van der Waals surface area contributed by atoms with E-state index in [4.69, 9.17) is 18.9 Å². The Kier molecular flexibility index (Phi) is 7.18. The van der Waals surface area contributed by atoms with Crippen LogP contribution < -0.4 is 4.74 Å². The largest absolute Gasteiger partial charge is 0.482 e. The topological polar surface area (TPSA) is 74.2 Å². The van der Waals surface area contributed by atoms with Crippen molar-refractivity contribution in [3.05, 3.63) is 84.9 Å². The molecular formula is C32H35O6S+. The maximum absolute atomic E-state index is 13.0. The molecular weight excluding hydrogens is 512 g/mol. The minimum absolute atomic E-state index is 0.169. The number of esters is 1. The van der Waals surface area contributed by atoms with Crippen LogP contribution in [0.2, 0.25) is 0 Å². The van der Waals surface area contributed by atoms with E-state index >= 15 is 0 Å². The van der Waals surface area contributed by atoms with E-state index in [1.165, 1.54) is 14.7 Å². The highest BCUT2D eigenvalue weighted by Gasteiger charge is 2.65. The molecule has 4 fully saturated rings. The van der Waals surface area contributed by atoms with E-state index < -0.39 is 22.8 Å². The van der Waals surface area contributed by atoms with Crippen LogP contribution in [0, 0.1) is 5.92 Å². The number of hydrogen-bond donors (Lipinski definition) is 1. The van der Waals surface area contributed by atoms with Gasteiger partial charge in [-0.25, -0.2) is 4.79 Å². The third kappa shape index (κ3) is 5.59. The standard InChI is InChI=1S/C32H35O6S/c1-35-23-37-31-17-24-16-30(34,20-31)21-32(18-24,22-31)38-29(33)19-36-25-12-14-28(15-13-25)39(26-8-4-2-5-9-26)27-10-6-3-7-11-27/h2-15,24,34H,16-23H2,1H3/q+1. The Morgan fingerprint density at radius 2 is 1.41 bits per heavy atom. The highest BCUT2D eigenvalue weighted by Crippen LogP contribution is 2.61. The van der Waals surface area contributed by atoms with Crippen LogP contribution in [0.4, 0.5) is 0 Å². The zero-order valence-corrected chi connectivity index (χ0v) is 23.0. The summed E-state index contributed by atoms with van der Waals surface area (Å²) in [6.45, 7) is -0.0128. The first-order chi connectivity index (χ1) is 18.9. The maximum Gasteiger partial charge on any atom is 0.344 e. The molecule has 0 aliphatic heterocycles. The van der Waals surface area contributed by atoms with Gasteiger partial charge in [0.2, 0.25) is 0 Å². The van der Waals surface area contributed by atoms with Gasteiger partial charge in [0.05, 0.1) is 22.1 Å². The Bertz CT molecular complexity index is 1250. The van der Waals surface area contributed by atoms with Crippen molar-refractivity contribution in [2.45, 2.75) is 70.0 Å². The Balaban J connectivity index is 1.12. The molecule has 4 atom stereocenters. The van der Waals surface area contributed by atoms with Crippen molar-refractivity contribution in [1.29, 1.82) is 0 Å². The molecule has 4 saturated carbocycles. The normalized spacial score (nSPS) is 28.9. The van der Waals surface area contributed by atoms with Crippen molar-refractivity contribution in [3.63, 3.8) is 0 Å². The second kappa shape index (κ2) is 10.6. The van der Waals surface area contributed by atoms with E-state index in [1.54, 1.807) is 7.11 Å². The van der Waals surface area contributed by atoms with Crippen LogP contribution in [-0.2, 0) is 29.9 Å². The highest BCUT2D eigenvalue weighted by molar-refractivity contribution is 7.97. The second-order valence-electron chi connectivity index (χ2n) is 11.3. The van der Waals surface area contributed by atoms with Crippen molar-refractivity contribution >= 4 is 16.9 Å². The van der Waals surface area contributed by atoms with E-state index in [0.717, 1.165) is 19.3 Å². The van der Waals surface area contributed by atoms with Gasteiger partial charge in [0, 0.05) is 26.4 Å². The number of rotatable bonds is 10. The summed E-state index contributed by atoms with van der Waals surface area (Å²) in [5.41, 5.74) is -2.08. The first-order valence-electron chi connectivity index (χ1n) is 13.5. The minimum atomic E-state index is -0.862. The fourth-order valence-corrected chi connectivity index (χ4v) is 9.36.